The maximum absolute atomic E-state index is 5.88. The smallest absolute Gasteiger partial charge is 0.127 e. The zero-order valence-electron chi connectivity index (χ0n) is 12.6. The van der Waals surface area contributed by atoms with E-state index in [0.717, 1.165) is 29.8 Å². The second-order valence-corrected chi connectivity index (χ2v) is 5.52. The van der Waals surface area contributed by atoms with Crippen molar-refractivity contribution in [2.45, 2.75) is 32.4 Å². The monoisotopic (exact) mass is 283 g/mol. The fraction of sp³-hybridized carbons (Fsp3) is 0.333. The summed E-state index contributed by atoms with van der Waals surface area (Å²) >= 11 is 0. The van der Waals surface area contributed by atoms with Gasteiger partial charge in [-0.25, -0.2) is 0 Å². The van der Waals surface area contributed by atoms with Gasteiger partial charge in [-0.3, -0.25) is 0 Å². The number of nitrogens with one attached hydrogen (secondary N) is 1. The molecular formula is C18H21NO2. The summed E-state index contributed by atoms with van der Waals surface area (Å²) in [5.41, 5.74) is 2.60. The van der Waals surface area contributed by atoms with E-state index in [2.05, 4.69) is 24.4 Å². The first kappa shape index (κ1) is 14.0. The van der Waals surface area contributed by atoms with Crippen molar-refractivity contribution in [3.63, 3.8) is 0 Å². The van der Waals surface area contributed by atoms with Crippen LogP contribution in [0.3, 0.4) is 0 Å². The Labute approximate surface area is 125 Å². The minimum Gasteiger partial charge on any atom is -0.497 e. The lowest BCUT2D eigenvalue weighted by Gasteiger charge is -2.11. The van der Waals surface area contributed by atoms with Crippen molar-refractivity contribution < 1.29 is 9.47 Å². The molecule has 1 saturated carbocycles. The highest BCUT2D eigenvalue weighted by Gasteiger charge is 2.20. The van der Waals surface area contributed by atoms with Crippen LogP contribution in [0.15, 0.2) is 42.5 Å². The molecule has 0 radical (unpaired) electrons. The maximum Gasteiger partial charge on any atom is 0.127 e. The van der Waals surface area contributed by atoms with E-state index in [0.29, 0.717) is 0 Å². The van der Waals surface area contributed by atoms with Gasteiger partial charge in [-0.2, -0.15) is 0 Å². The Balaban J connectivity index is 1.65. The molecule has 0 saturated heterocycles. The molecular weight excluding hydrogens is 262 g/mol. The molecule has 0 aromatic heterocycles. The number of aryl methyl sites for hydroxylation is 1. The van der Waals surface area contributed by atoms with E-state index in [1.54, 1.807) is 7.11 Å². The van der Waals surface area contributed by atoms with Crippen molar-refractivity contribution in [1.29, 1.82) is 0 Å². The van der Waals surface area contributed by atoms with E-state index in [1.807, 2.05) is 30.3 Å². The Hall–Kier alpha value is -2.00. The highest BCUT2D eigenvalue weighted by atomic mass is 16.5. The molecule has 3 rings (SSSR count). The summed E-state index contributed by atoms with van der Waals surface area (Å²) in [6, 6.07) is 14.6. The summed E-state index contributed by atoms with van der Waals surface area (Å²) in [6.07, 6.45) is 2.63. The molecule has 1 aliphatic carbocycles. The van der Waals surface area contributed by atoms with E-state index < -0.39 is 0 Å². The molecule has 1 N–H and O–H groups in total. The van der Waals surface area contributed by atoms with E-state index >= 15 is 0 Å². The van der Waals surface area contributed by atoms with Crippen LogP contribution >= 0.6 is 0 Å². The van der Waals surface area contributed by atoms with Gasteiger partial charge < -0.3 is 14.8 Å². The topological polar surface area (TPSA) is 30.5 Å². The molecule has 0 aliphatic heterocycles. The van der Waals surface area contributed by atoms with Gasteiger partial charge in [0.2, 0.25) is 0 Å². The first-order valence-electron chi connectivity index (χ1n) is 7.39. The number of hydrogen-bond acceptors (Lipinski definition) is 3. The fourth-order valence-corrected chi connectivity index (χ4v) is 2.25. The van der Waals surface area contributed by atoms with Gasteiger partial charge in [-0.1, -0.05) is 6.07 Å². The number of rotatable bonds is 6. The second kappa shape index (κ2) is 6.19. The Kier molecular flexibility index (Phi) is 4.11. The summed E-state index contributed by atoms with van der Waals surface area (Å²) < 4.78 is 11.0. The lowest BCUT2D eigenvalue weighted by molar-refractivity contribution is 0.413. The highest BCUT2D eigenvalue weighted by Crippen LogP contribution is 2.26. The van der Waals surface area contributed by atoms with Gasteiger partial charge in [0, 0.05) is 12.6 Å². The number of hydrogen-bond donors (Lipinski definition) is 1. The van der Waals surface area contributed by atoms with Gasteiger partial charge >= 0.3 is 0 Å². The number of methoxy groups -OCH3 is 1. The predicted molar refractivity (Wildman–Crippen MR) is 84.1 cm³/mol. The zero-order valence-corrected chi connectivity index (χ0v) is 12.6. The maximum atomic E-state index is 5.88. The van der Waals surface area contributed by atoms with Crippen molar-refractivity contribution in [1.82, 2.24) is 5.32 Å². The molecule has 0 bridgehead atoms. The van der Waals surface area contributed by atoms with Crippen LogP contribution in [0, 0.1) is 6.92 Å². The third kappa shape index (κ3) is 3.76. The lowest BCUT2D eigenvalue weighted by atomic mass is 10.1. The third-order valence-electron chi connectivity index (χ3n) is 3.77. The van der Waals surface area contributed by atoms with Crippen LogP contribution in [0.25, 0.3) is 0 Å². The molecule has 3 nitrogen and oxygen atoms in total. The molecule has 0 atom stereocenters. The van der Waals surface area contributed by atoms with Gasteiger partial charge in [0.15, 0.2) is 0 Å². The summed E-state index contributed by atoms with van der Waals surface area (Å²) in [5, 5.41) is 3.54. The van der Waals surface area contributed by atoms with Crippen LogP contribution in [0.5, 0.6) is 17.2 Å². The van der Waals surface area contributed by atoms with Crippen molar-refractivity contribution in [3.05, 3.63) is 53.6 Å². The lowest BCUT2D eigenvalue weighted by Crippen LogP contribution is -2.15. The van der Waals surface area contributed by atoms with Gasteiger partial charge in [-0.05, 0) is 67.3 Å². The standard InChI is InChI=1S/C18H21NO2/c1-13-11-18(6-3-14(13)12-19-15-4-5-15)21-17-9-7-16(20-2)8-10-17/h3,6-11,15,19H,4-5,12H2,1-2H3. The fourth-order valence-electron chi connectivity index (χ4n) is 2.25. The molecule has 110 valence electrons. The van der Waals surface area contributed by atoms with Crippen molar-refractivity contribution in [2.75, 3.05) is 7.11 Å². The molecule has 0 unspecified atom stereocenters. The first-order chi connectivity index (χ1) is 10.2. The van der Waals surface area contributed by atoms with Gasteiger partial charge in [0.05, 0.1) is 7.11 Å². The highest BCUT2D eigenvalue weighted by molar-refractivity contribution is 5.39. The minimum absolute atomic E-state index is 0.736. The molecule has 3 heteroatoms. The summed E-state index contributed by atoms with van der Waals surface area (Å²) in [7, 11) is 1.66. The van der Waals surface area contributed by atoms with Crippen molar-refractivity contribution in [3.8, 4) is 17.2 Å². The zero-order chi connectivity index (χ0) is 14.7. The van der Waals surface area contributed by atoms with E-state index in [9.17, 15) is 0 Å². The van der Waals surface area contributed by atoms with E-state index in [1.165, 1.54) is 24.0 Å². The average Bonchev–Trinajstić information content (AvgIpc) is 3.31. The van der Waals surface area contributed by atoms with Crippen LogP contribution in [-0.4, -0.2) is 13.2 Å². The minimum atomic E-state index is 0.736. The number of benzene rings is 2. The summed E-state index contributed by atoms with van der Waals surface area (Å²) in [4.78, 5) is 0. The third-order valence-corrected chi connectivity index (χ3v) is 3.77. The van der Waals surface area contributed by atoms with Gasteiger partial charge in [-0.15, -0.1) is 0 Å². The molecule has 0 amide bonds. The molecule has 21 heavy (non-hydrogen) atoms. The Morgan fingerprint density at radius 1 is 1.00 bits per heavy atom. The molecule has 2 aromatic rings. The predicted octanol–water partition coefficient (Wildman–Crippen LogP) is 4.05. The largest absolute Gasteiger partial charge is 0.497 e. The molecule has 2 aromatic carbocycles. The normalized spacial score (nSPS) is 14.0. The molecule has 0 heterocycles. The van der Waals surface area contributed by atoms with Crippen LogP contribution in [-0.2, 0) is 6.54 Å². The number of ether oxygens (including phenoxy) is 2. The Morgan fingerprint density at radius 2 is 1.67 bits per heavy atom. The molecule has 1 fully saturated rings. The quantitative estimate of drug-likeness (QED) is 0.867. The average molecular weight is 283 g/mol. The van der Waals surface area contributed by atoms with Gasteiger partial charge in [0.1, 0.15) is 17.2 Å². The van der Waals surface area contributed by atoms with E-state index in [-0.39, 0.29) is 0 Å². The van der Waals surface area contributed by atoms with Crippen molar-refractivity contribution in [2.24, 2.45) is 0 Å². The first-order valence-corrected chi connectivity index (χ1v) is 7.39. The summed E-state index contributed by atoms with van der Waals surface area (Å²) in [5.74, 6) is 2.52. The SMILES string of the molecule is COc1ccc(Oc2ccc(CNC3CC3)c(C)c2)cc1. The van der Waals surface area contributed by atoms with Crippen LogP contribution < -0.4 is 14.8 Å². The second-order valence-electron chi connectivity index (χ2n) is 5.52. The summed E-state index contributed by atoms with van der Waals surface area (Å²) in [6.45, 7) is 3.07. The Bertz CT molecular complexity index is 603. The van der Waals surface area contributed by atoms with Crippen LogP contribution in [0.2, 0.25) is 0 Å². The van der Waals surface area contributed by atoms with Gasteiger partial charge in [0.25, 0.3) is 0 Å². The van der Waals surface area contributed by atoms with Crippen molar-refractivity contribution >= 4 is 0 Å². The van der Waals surface area contributed by atoms with Crippen LogP contribution in [0.4, 0.5) is 0 Å². The molecule has 1 aliphatic rings. The Morgan fingerprint density at radius 3 is 2.29 bits per heavy atom. The van der Waals surface area contributed by atoms with Crippen LogP contribution in [0.1, 0.15) is 24.0 Å². The molecule has 0 spiro atoms. The van der Waals surface area contributed by atoms with E-state index in [4.69, 9.17) is 9.47 Å².